The van der Waals surface area contributed by atoms with Crippen molar-refractivity contribution in [3.8, 4) is 0 Å². The van der Waals surface area contributed by atoms with Crippen molar-refractivity contribution in [1.29, 1.82) is 0 Å². The van der Waals surface area contributed by atoms with E-state index in [1.165, 1.54) is 0 Å². The minimum atomic E-state index is -0.790. The summed E-state index contributed by atoms with van der Waals surface area (Å²) in [5, 5.41) is 9.40. The summed E-state index contributed by atoms with van der Waals surface area (Å²) in [6.07, 6.45) is 2.22. The van der Waals surface area contributed by atoms with Crippen molar-refractivity contribution >= 4 is 0 Å². The van der Waals surface area contributed by atoms with Crippen LogP contribution in [0.3, 0.4) is 0 Å². The van der Waals surface area contributed by atoms with Gasteiger partial charge in [0.2, 0.25) is 0 Å². The molecule has 0 heterocycles. The predicted octanol–water partition coefficient (Wildman–Crippen LogP) is 0.661. The van der Waals surface area contributed by atoms with E-state index in [9.17, 15) is 5.11 Å². The number of hydrogen-bond donors (Lipinski definition) is 2. The highest BCUT2D eigenvalue weighted by Crippen LogP contribution is 2.12. The summed E-state index contributed by atoms with van der Waals surface area (Å²) in [5.74, 6) is 0. The lowest BCUT2D eigenvalue weighted by Gasteiger charge is -2.25. The first-order valence-corrected chi connectivity index (χ1v) is 3.09. The molecular formula is C7H15NO. The molecule has 0 rings (SSSR count). The maximum atomic E-state index is 9.40. The second kappa shape index (κ2) is 2.99. The van der Waals surface area contributed by atoms with Gasteiger partial charge in [0.05, 0.1) is 5.60 Å². The van der Waals surface area contributed by atoms with E-state index in [0.29, 0.717) is 6.42 Å². The lowest BCUT2D eigenvalue weighted by atomic mass is 9.95. The van der Waals surface area contributed by atoms with Crippen molar-refractivity contribution in [1.82, 2.24) is 0 Å². The standard InChI is InChI=1S/C7H15NO/c1-4-5-7(3,9)6(2)8/h4,6,9H,1,5,8H2,2-3H3. The van der Waals surface area contributed by atoms with Crippen LogP contribution in [0.5, 0.6) is 0 Å². The van der Waals surface area contributed by atoms with Crippen LogP contribution in [-0.4, -0.2) is 16.7 Å². The zero-order valence-corrected chi connectivity index (χ0v) is 6.09. The molecule has 0 aromatic heterocycles. The highest BCUT2D eigenvalue weighted by atomic mass is 16.3. The van der Waals surface area contributed by atoms with Crippen LogP contribution in [0.4, 0.5) is 0 Å². The highest BCUT2D eigenvalue weighted by molar-refractivity contribution is 4.88. The maximum Gasteiger partial charge on any atom is 0.0801 e. The summed E-state index contributed by atoms with van der Waals surface area (Å²) in [6.45, 7) is 7.00. The summed E-state index contributed by atoms with van der Waals surface area (Å²) in [7, 11) is 0. The minimum Gasteiger partial charge on any atom is -0.388 e. The van der Waals surface area contributed by atoms with E-state index in [1.54, 1.807) is 19.9 Å². The van der Waals surface area contributed by atoms with E-state index in [2.05, 4.69) is 6.58 Å². The van der Waals surface area contributed by atoms with E-state index in [4.69, 9.17) is 5.73 Å². The Hall–Kier alpha value is -0.340. The number of rotatable bonds is 3. The Balaban J connectivity index is 3.84. The van der Waals surface area contributed by atoms with Crippen molar-refractivity contribution in [2.24, 2.45) is 5.73 Å². The molecule has 0 aliphatic rings. The molecule has 0 saturated heterocycles. The number of nitrogens with two attached hydrogens (primary N) is 1. The van der Waals surface area contributed by atoms with Crippen LogP contribution < -0.4 is 5.73 Å². The van der Waals surface area contributed by atoms with E-state index < -0.39 is 5.60 Å². The van der Waals surface area contributed by atoms with Crippen LogP contribution in [0.1, 0.15) is 20.3 Å². The summed E-state index contributed by atoms with van der Waals surface area (Å²) < 4.78 is 0. The first-order valence-electron chi connectivity index (χ1n) is 3.09. The molecule has 0 radical (unpaired) electrons. The van der Waals surface area contributed by atoms with E-state index in [-0.39, 0.29) is 6.04 Å². The Bertz CT molecular complexity index is 97.1. The van der Waals surface area contributed by atoms with Gasteiger partial charge in [0.1, 0.15) is 0 Å². The Labute approximate surface area is 56.4 Å². The molecule has 2 heteroatoms. The van der Waals surface area contributed by atoms with Crippen molar-refractivity contribution in [3.63, 3.8) is 0 Å². The quantitative estimate of drug-likeness (QED) is 0.550. The summed E-state index contributed by atoms with van der Waals surface area (Å²) in [4.78, 5) is 0. The minimum absolute atomic E-state index is 0.199. The molecule has 0 amide bonds. The number of aliphatic hydroxyl groups is 1. The normalized spacial score (nSPS) is 20.4. The molecule has 2 atom stereocenters. The van der Waals surface area contributed by atoms with Crippen LogP contribution in [0.25, 0.3) is 0 Å². The summed E-state index contributed by atoms with van der Waals surface area (Å²) >= 11 is 0. The Morgan fingerprint density at radius 1 is 1.89 bits per heavy atom. The highest BCUT2D eigenvalue weighted by Gasteiger charge is 2.22. The molecule has 9 heavy (non-hydrogen) atoms. The first kappa shape index (κ1) is 8.66. The van der Waals surface area contributed by atoms with Crippen LogP contribution in [0.2, 0.25) is 0 Å². The van der Waals surface area contributed by atoms with Crippen LogP contribution in [-0.2, 0) is 0 Å². The zero-order chi connectivity index (χ0) is 7.49. The van der Waals surface area contributed by atoms with Crippen molar-refractivity contribution in [2.45, 2.75) is 31.9 Å². The van der Waals surface area contributed by atoms with Gasteiger partial charge in [-0.15, -0.1) is 6.58 Å². The lowest BCUT2D eigenvalue weighted by Crippen LogP contribution is -2.42. The van der Waals surface area contributed by atoms with E-state index in [0.717, 1.165) is 0 Å². The molecule has 3 N–H and O–H groups in total. The topological polar surface area (TPSA) is 46.2 Å². The molecule has 54 valence electrons. The zero-order valence-electron chi connectivity index (χ0n) is 6.09. The van der Waals surface area contributed by atoms with Crippen molar-refractivity contribution in [2.75, 3.05) is 0 Å². The van der Waals surface area contributed by atoms with Crippen LogP contribution in [0.15, 0.2) is 12.7 Å². The average molecular weight is 129 g/mol. The third-order valence-electron chi connectivity index (χ3n) is 1.54. The summed E-state index contributed by atoms with van der Waals surface area (Å²) in [5.41, 5.74) is 4.67. The Morgan fingerprint density at radius 3 is 2.44 bits per heavy atom. The van der Waals surface area contributed by atoms with Crippen molar-refractivity contribution < 1.29 is 5.11 Å². The lowest BCUT2D eigenvalue weighted by molar-refractivity contribution is 0.0416. The third-order valence-corrected chi connectivity index (χ3v) is 1.54. The van der Waals surface area contributed by atoms with Gasteiger partial charge in [-0.1, -0.05) is 6.08 Å². The van der Waals surface area contributed by atoms with Gasteiger partial charge in [-0.05, 0) is 20.3 Å². The summed E-state index contributed by atoms with van der Waals surface area (Å²) in [6, 6.07) is -0.199. The Morgan fingerprint density at radius 2 is 2.33 bits per heavy atom. The molecule has 0 saturated carbocycles. The monoisotopic (exact) mass is 129 g/mol. The smallest absolute Gasteiger partial charge is 0.0801 e. The SMILES string of the molecule is C=CCC(C)(O)C(C)N. The molecule has 0 aromatic rings. The molecular weight excluding hydrogens is 114 g/mol. The average Bonchev–Trinajstić information content (AvgIpc) is 1.65. The van der Waals surface area contributed by atoms with Gasteiger partial charge in [-0.2, -0.15) is 0 Å². The van der Waals surface area contributed by atoms with Gasteiger partial charge in [0.25, 0.3) is 0 Å². The molecule has 2 unspecified atom stereocenters. The fraction of sp³-hybridized carbons (Fsp3) is 0.714. The van der Waals surface area contributed by atoms with E-state index in [1.807, 2.05) is 0 Å². The van der Waals surface area contributed by atoms with Crippen LogP contribution >= 0.6 is 0 Å². The Kier molecular flexibility index (Phi) is 2.88. The molecule has 0 spiro atoms. The van der Waals surface area contributed by atoms with Gasteiger partial charge in [-0.3, -0.25) is 0 Å². The molecule has 2 nitrogen and oxygen atoms in total. The van der Waals surface area contributed by atoms with Gasteiger partial charge >= 0.3 is 0 Å². The third kappa shape index (κ3) is 2.63. The van der Waals surface area contributed by atoms with Crippen molar-refractivity contribution in [3.05, 3.63) is 12.7 Å². The predicted molar refractivity (Wildman–Crippen MR) is 39.1 cm³/mol. The molecule has 0 bridgehead atoms. The van der Waals surface area contributed by atoms with Gasteiger partial charge in [0.15, 0.2) is 0 Å². The second-order valence-electron chi connectivity index (χ2n) is 2.64. The van der Waals surface area contributed by atoms with Gasteiger partial charge < -0.3 is 10.8 Å². The molecule has 0 aliphatic carbocycles. The fourth-order valence-corrected chi connectivity index (χ4v) is 0.478. The van der Waals surface area contributed by atoms with E-state index >= 15 is 0 Å². The number of hydrogen-bond acceptors (Lipinski definition) is 2. The first-order chi connectivity index (χ1) is 4.00. The molecule has 0 fully saturated rings. The van der Waals surface area contributed by atoms with Gasteiger partial charge in [0, 0.05) is 6.04 Å². The largest absolute Gasteiger partial charge is 0.388 e. The maximum absolute atomic E-state index is 9.40. The fourth-order valence-electron chi connectivity index (χ4n) is 0.478. The van der Waals surface area contributed by atoms with Gasteiger partial charge in [-0.25, -0.2) is 0 Å². The second-order valence-corrected chi connectivity index (χ2v) is 2.64. The van der Waals surface area contributed by atoms with Crippen LogP contribution in [0, 0.1) is 0 Å². The molecule has 0 aromatic carbocycles. The molecule has 0 aliphatic heterocycles.